The predicted molar refractivity (Wildman–Crippen MR) is 88.7 cm³/mol. The van der Waals surface area contributed by atoms with Gasteiger partial charge in [0.15, 0.2) is 6.29 Å². The smallest absolute Gasteiger partial charge is 0.334 e. The highest BCUT2D eigenvalue weighted by molar-refractivity contribution is 5.91. The molecule has 5 rings (SSSR count). The van der Waals surface area contributed by atoms with E-state index >= 15 is 0 Å². The number of fused-ring (bicyclic) bond motifs is 4. The van der Waals surface area contributed by atoms with Gasteiger partial charge in [0.05, 0.1) is 24.5 Å². The highest BCUT2D eigenvalue weighted by Gasteiger charge is 2.61. The molecule has 3 fully saturated rings. The van der Waals surface area contributed by atoms with Crippen LogP contribution in [0.3, 0.4) is 0 Å². The van der Waals surface area contributed by atoms with Crippen LogP contribution in [0.2, 0.25) is 0 Å². The molecule has 4 aliphatic heterocycles. The van der Waals surface area contributed by atoms with E-state index in [4.69, 9.17) is 18.9 Å². The number of epoxide rings is 1. The first-order valence-corrected chi connectivity index (χ1v) is 9.09. The summed E-state index contributed by atoms with van der Waals surface area (Å²) in [5.41, 5.74) is 0.351. The van der Waals surface area contributed by atoms with E-state index in [1.807, 2.05) is 0 Å². The van der Waals surface area contributed by atoms with Crippen LogP contribution in [0.5, 0.6) is 0 Å². The number of ether oxygens (including phenoxy) is 4. The molecule has 7 heteroatoms. The Labute approximate surface area is 151 Å². The standard InChI is InChI=1S/C19H24O7/c1-9(2)16(20)24-12-6-11-4-5-14-19(26-14,8-23-18(11)22)7-13-15(12)10(3)17(21)25-13/h6,9,12-15,18,22H,3-5,7-8H2,1-2H3. The molecule has 2 bridgehead atoms. The van der Waals surface area contributed by atoms with Gasteiger partial charge in [-0.2, -0.15) is 0 Å². The predicted octanol–water partition coefficient (Wildman–Crippen LogP) is 1.25. The summed E-state index contributed by atoms with van der Waals surface area (Å²) in [4.78, 5) is 24.4. The Morgan fingerprint density at radius 2 is 2.23 bits per heavy atom. The third-order valence-corrected chi connectivity index (χ3v) is 5.73. The summed E-state index contributed by atoms with van der Waals surface area (Å²) in [6.45, 7) is 7.59. The Morgan fingerprint density at radius 3 is 2.96 bits per heavy atom. The quantitative estimate of drug-likeness (QED) is 0.341. The molecule has 5 aliphatic rings. The van der Waals surface area contributed by atoms with E-state index in [1.165, 1.54) is 0 Å². The zero-order valence-electron chi connectivity index (χ0n) is 15.0. The fraction of sp³-hybridized carbons (Fsp3) is 0.684. The number of aliphatic hydroxyl groups excluding tert-OH is 1. The monoisotopic (exact) mass is 364 g/mol. The first-order chi connectivity index (χ1) is 12.3. The molecule has 0 amide bonds. The molecule has 1 spiro atoms. The van der Waals surface area contributed by atoms with Crippen LogP contribution in [0.25, 0.3) is 0 Å². The maximum Gasteiger partial charge on any atom is 0.334 e. The van der Waals surface area contributed by atoms with E-state index in [0.29, 0.717) is 18.4 Å². The number of carbonyl (C=O) groups is 2. The SMILES string of the molecule is C=C1C(=O)OC2CC34COC(O)C(=CC(OC(=O)C(C)C)C12)CCC3O4. The molecule has 3 saturated heterocycles. The van der Waals surface area contributed by atoms with Crippen LogP contribution in [0.15, 0.2) is 23.8 Å². The topological polar surface area (TPSA) is 94.6 Å². The highest BCUT2D eigenvalue weighted by Crippen LogP contribution is 2.50. The number of rotatable bonds is 2. The minimum Gasteiger partial charge on any atom is -0.458 e. The maximum absolute atomic E-state index is 12.2. The molecule has 6 atom stereocenters. The van der Waals surface area contributed by atoms with Crippen molar-refractivity contribution in [2.75, 3.05) is 6.61 Å². The summed E-state index contributed by atoms with van der Waals surface area (Å²) in [5, 5.41) is 10.4. The molecular formula is C19H24O7. The molecule has 26 heavy (non-hydrogen) atoms. The van der Waals surface area contributed by atoms with Crippen molar-refractivity contribution in [1.82, 2.24) is 0 Å². The number of aliphatic hydroxyl groups is 1. The minimum absolute atomic E-state index is 0.0152. The fourth-order valence-corrected chi connectivity index (χ4v) is 4.11. The van der Waals surface area contributed by atoms with E-state index < -0.39 is 36.0 Å². The second-order valence-corrected chi connectivity index (χ2v) is 7.87. The van der Waals surface area contributed by atoms with Crippen molar-refractivity contribution < 1.29 is 33.6 Å². The van der Waals surface area contributed by atoms with E-state index in [0.717, 1.165) is 6.42 Å². The first kappa shape index (κ1) is 17.7. The van der Waals surface area contributed by atoms with Crippen LogP contribution < -0.4 is 0 Å². The fourth-order valence-electron chi connectivity index (χ4n) is 4.11. The van der Waals surface area contributed by atoms with Crippen LogP contribution in [0, 0.1) is 11.8 Å². The molecule has 7 nitrogen and oxygen atoms in total. The van der Waals surface area contributed by atoms with E-state index in [-0.39, 0.29) is 30.2 Å². The highest BCUT2D eigenvalue weighted by atomic mass is 16.7. The van der Waals surface area contributed by atoms with Gasteiger partial charge < -0.3 is 24.1 Å². The summed E-state index contributed by atoms with van der Waals surface area (Å²) < 4.78 is 22.7. The van der Waals surface area contributed by atoms with Crippen molar-refractivity contribution >= 4 is 11.9 Å². The molecule has 1 N–H and O–H groups in total. The van der Waals surface area contributed by atoms with Crippen LogP contribution >= 0.6 is 0 Å². The van der Waals surface area contributed by atoms with Crippen molar-refractivity contribution in [1.29, 1.82) is 0 Å². The molecule has 142 valence electrons. The van der Waals surface area contributed by atoms with Crippen LogP contribution in [0.4, 0.5) is 0 Å². The summed E-state index contributed by atoms with van der Waals surface area (Å²) >= 11 is 0. The minimum atomic E-state index is -1.08. The average Bonchev–Trinajstić information content (AvgIpc) is 3.18. The van der Waals surface area contributed by atoms with Gasteiger partial charge >= 0.3 is 11.9 Å². The Bertz CT molecular complexity index is 681. The lowest BCUT2D eigenvalue weighted by Gasteiger charge is -2.32. The van der Waals surface area contributed by atoms with Crippen LogP contribution in [0.1, 0.15) is 33.1 Å². The first-order valence-electron chi connectivity index (χ1n) is 9.09. The summed E-state index contributed by atoms with van der Waals surface area (Å²) in [5.74, 6) is -1.67. The molecule has 6 unspecified atom stereocenters. The number of hydrogen-bond donors (Lipinski definition) is 1. The number of carbonyl (C=O) groups excluding carboxylic acids is 2. The third kappa shape index (κ3) is 2.88. The van der Waals surface area contributed by atoms with E-state index in [2.05, 4.69) is 6.58 Å². The van der Waals surface area contributed by atoms with Gasteiger partial charge in [-0.05, 0) is 24.5 Å². The van der Waals surface area contributed by atoms with Gasteiger partial charge in [-0.1, -0.05) is 20.4 Å². The lowest BCUT2D eigenvalue weighted by atomic mass is 9.81. The summed E-state index contributed by atoms with van der Waals surface area (Å²) in [6, 6.07) is 0. The maximum atomic E-state index is 12.2. The van der Waals surface area contributed by atoms with Gasteiger partial charge in [-0.25, -0.2) is 4.79 Å². The Hall–Kier alpha value is -1.70. The van der Waals surface area contributed by atoms with Crippen molar-refractivity contribution in [3.63, 3.8) is 0 Å². The molecule has 1 aliphatic carbocycles. The molecular weight excluding hydrogens is 340 g/mol. The summed E-state index contributed by atoms with van der Waals surface area (Å²) in [6.07, 6.45) is 1.13. The second kappa shape index (κ2) is 6.18. The lowest BCUT2D eigenvalue weighted by Crippen LogP contribution is -2.41. The zero-order chi connectivity index (χ0) is 18.6. The Kier molecular flexibility index (Phi) is 4.21. The van der Waals surface area contributed by atoms with Gasteiger partial charge in [0.25, 0.3) is 0 Å². The Morgan fingerprint density at radius 1 is 1.46 bits per heavy atom. The van der Waals surface area contributed by atoms with Crippen molar-refractivity contribution in [3.05, 3.63) is 23.8 Å². The van der Waals surface area contributed by atoms with Crippen molar-refractivity contribution in [2.45, 2.75) is 63.3 Å². The van der Waals surface area contributed by atoms with Gasteiger partial charge in [0, 0.05) is 12.0 Å². The average molecular weight is 364 g/mol. The lowest BCUT2D eigenvalue weighted by molar-refractivity contribution is -0.154. The van der Waals surface area contributed by atoms with E-state index in [1.54, 1.807) is 19.9 Å². The van der Waals surface area contributed by atoms with Crippen LogP contribution in [-0.2, 0) is 28.5 Å². The molecule has 0 saturated carbocycles. The molecule has 0 aromatic rings. The number of esters is 2. The van der Waals surface area contributed by atoms with Gasteiger partial charge in [-0.3, -0.25) is 4.79 Å². The molecule has 0 aromatic carbocycles. The second-order valence-electron chi connectivity index (χ2n) is 7.87. The van der Waals surface area contributed by atoms with Gasteiger partial charge in [-0.15, -0.1) is 0 Å². The zero-order valence-corrected chi connectivity index (χ0v) is 15.0. The van der Waals surface area contributed by atoms with Crippen LogP contribution in [-0.4, -0.2) is 53.9 Å². The summed E-state index contributed by atoms with van der Waals surface area (Å²) in [7, 11) is 0. The van der Waals surface area contributed by atoms with E-state index in [9.17, 15) is 14.7 Å². The Balaban J connectivity index is 1.75. The van der Waals surface area contributed by atoms with Gasteiger partial charge in [0.1, 0.15) is 17.8 Å². The molecule has 4 heterocycles. The molecule has 0 aromatic heterocycles. The number of hydrogen-bond acceptors (Lipinski definition) is 7. The largest absolute Gasteiger partial charge is 0.458 e. The van der Waals surface area contributed by atoms with Crippen molar-refractivity contribution in [2.24, 2.45) is 11.8 Å². The molecule has 0 radical (unpaired) electrons. The third-order valence-electron chi connectivity index (χ3n) is 5.73. The normalized spacial score (nSPS) is 41.7. The van der Waals surface area contributed by atoms with Crippen molar-refractivity contribution in [3.8, 4) is 0 Å². The van der Waals surface area contributed by atoms with Gasteiger partial charge in [0.2, 0.25) is 0 Å².